The maximum atomic E-state index is 13.7. The van der Waals surface area contributed by atoms with Crippen LogP contribution in [-0.2, 0) is 4.79 Å². The summed E-state index contributed by atoms with van der Waals surface area (Å²) in [5.41, 5.74) is 5.27. The van der Waals surface area contributed by atoms with E-state index in [0.717, 1.165) is 12.1 Å². The molecule has 1 amide bonds. The molecule has 0 aliphatic carbocycles. The molecule has 1 atom stereocenters. The number of amides is 1. The molecule has 0 saturated carbocycles. The molecule has 0 aliphatic heterocycles. The molecule has 6 nitrogen and oxygen atoms in total. The Labute approximate surface area is 119 Å². The van der Waals surface area contributed by atoms with Gasteiger partial charge in [-0.25, -0.2) is 4.39 Å². The third kappa shape index (κ3) is 3.21. The van der Waals surface area contributed by atoms with E-state index < -0.39 is 34.1 Å². The van der Waals surface area contributed by atoms with Crippen molar-refractivity contribution in [3.05, 3.63) is 70.0 Å². The fraction of sp³-hybridized carbons (Fsp3) is 0.0714. The number of halogens is 1. The first-order chi connectivity index (χ1) is 10.0. The third-order valence-corrected chi connectivity index (χ3v) is 2.88. The van der Waals surface area contributed by atoms with E-state index in [2.05, 4.69) is 5.32 Å². The van der Waals surface area contributed by atoms with Crippen molar-refractivity contribution < 1.29 is 14.1 Å². The van der Waals surface area contributed by atoms with Gasteiger partial charge in [-0.15, -0.1) is 0 Å². The molecule has 0 heterocycles. The van der Waals surface area contributed by atoms with Crippen molar-refractivity contribution in [2.45, 2.75) is 6.04 Å². The van der Waals surface area contributed by atoms with Crippen LogP contribution in [0.2, 0.25) is 0 Å². The molecule has 2 aromatic rings. The molecule has 0 bridgehead atoms. The van der Waals surface area contributed by atoms with E-state index in [1.807, 2.05) is 0 Å². The Morgan fingerprint density at radius 3 is 2.48 bits per heavy atom. The molecule has 0 spiro atoms. The lowest BCUT2D eigenvalue weighted by Crippen LogP contribution is -2.28. The van der Waals surface area contributed by atoms with Crippen molar-refractivity contribution in [2.24, 2.45) is 5.73 Å². The van der Waals surface area contributed by atoms with Gasteiger partial charge < -0.3 is 11.1 Å². The maximum Gasteiger partial charge on any atom is 0.295 e. The topological polar surface area (TPSA) is 98.3 Å². The fourth-order valence-electron chi connectivity index (χ4n) is 1.80. The first-order valence-electron chi connectivity index (χ1n) is 6.05. The van der Waals surface area contributed by atoms with Crippen molar-refractivity contribution in [3.63, 3.8) is 0 Å². The van der Waals surface area contributed by atoms with E-state index in [-0.39, 0.29) is 0 Å². The van der Waals surface area contributed by atoms with Crippen molar-refractivity contribution in [1.82, 2.24) is 0 Å². The summed E-state index contributed by atoms with van der Waals surface area (Å²) in [6.45, 7) is 0. The number of anilines is 1. The highest BCUT2D eigenvalue weighted by Crippen LogP contribution is 2.27. The Bertz CT molecular complexity index is 676. The first kappa shape index (κ1) is 14.6. The monoisotopic (exact) mass is 289 g/mol. The summed E-state index contributed by atoms with van der Waals surface area (Å²) in [6, 6.07) is 10.7. The van der Waals surface area contributed by atoms with Crippen LogP contribution in [0.1, 0.15) is 11.6 Å². The van der Waals surface area contributed by atoms with Crippen LogP contribution in [0.3, 0.4) is 0 Å². The van der Waals surface area contributed by atoms with Gasteiger partial charge in [0.25, 0.3) is 5.69 Å². The lowest BCUT2D eigenvalue weighted by molar-refractivity contribution is -0.384. The van der Waals surface area contributed by atoms with Gasteiger partial charge in [0.15, 0.2) is 11.5 Å². The molecule has 0 radical (unpaired) electrons. The van der Waals surface area contributed by atoms with Gasteiger partial charge in [-0.1, -0.05) is 36.4 Å². The van der Waals surface area contributed by atoms with Crippen LogP contribution < -0.4 is 11.1 Å². The SMILES string of the molecule is N[C@H](C(=O)Nc1c(F)cccc1[N+](=O)[O-])c1ccccc1. The van der Waals surface area contributed by atoms with Crippen LogP contribution in [-0.4, -0.2) is 10.8 Å². The highest BCUT2D eigenvalue weighted by Gasteiger charge is 2.23. The minimum absolute atomic E-state index is 0.487. The van der Waals surface area contributed by atoms with Crippen LogP contribution in [0.15, 0.2) is 48.5 Å². The molecule has 0 unspecified atom stereocenters. The van der Waals surface area contributed by atoms with Gasteiger partial charge >= 0.3 is 0 Å². The number of nitrogens with one attached hydrogen (secondary N) is 1. The summed E-state index contributed by atoms with van der Waals surface area (Å²) in [7, 11) is 0. The van der Waals surface area contributed by atoms with Crippen molar-refractivity contribution >= 4 is 17.3 Å². The second kappa shape index (κ2) is 6.10. The van der Waals surface area contributed by atoms with Gasteiger partial charge in [0.1, 0.15) is 6.04 Å². The quantitative estimate of drug-likeness (QED) is 0.666. The Kier molecular flexibility index (Phi) is 4.24. The number of nitrogens with zero attached hydrogens (tertiary/aromatic N) is 1. The number of nitro benzene ring substituents is 1. The third-order valence-electron chi connectivity index (χ3n) is 2.88. The van der Waals surface area contributed by atoms with Gasteiger partial charge in [0.2, 0.25) is 5.91 Å². The van der Waals surface area contributed by atoms with Gasteiger partial charge in [0, 0.05) is 6.07 Å². The van der Waals surface area contributed by atoms with Crippen LogP contribution in [0.25, 0.3) is 0 Å². The lowest BCUT2D eigenvalue weighted by Gasteiger charge is -2.13. The van der Waals surface area contributed by atoms with Crippen molar-refractivity contribution in [2.75, 3.05) is 5.32 Å². The first-order valence-corrected chi connectivity index (χ1v) is 6.05. The van der Waals surface area contributed by atoms with Crippen LogP contribution in [0.5, 0.6) is 0 Å². The minimum Gasteiger partial charge on any atom is -0.316 e. The van der Waals surface area contributed by atoms with E-state index in [4.69, 9.17) is 5.73 Å². The second-order valence-corrected chi connectivity index (χ2v) is 4.27. The predicted molar refractivity (Wildman–Crippen MR) is 75.1 cm³/mol. The summed E-state index contributed by atoms with van der Waals surface area (Å²) in [4.78, 5) is 22.1. The molecule has 21 heavy (non-hydrogen) atoms. The zero-order chi connectivity index (χ0) is 15.4. The Morgan fingerprint density at radius 1 is 1.19 bits per heavy atom. The Balaban J connectivity index is 2.26. The predicted octanol–water partition coefficient (Wildman–Crippen LogP) is 2.37. The summed E-state index contributed by atoms with van der Waals surface area (Å²) >= 11 is 0. The summed E-state index contributed by atoms with van der Waals surface area (Å²) < 4.78 is 13.7. The van der Waals surface area contributed by atoms with E-state index >= 15 is 0 Å². The van der Waals surface area contributed by atoms with Crippen LogP contribution >= 0.6 is 0 Å². The molecule has 7 heteroatoms. The molecule has 0 fully saturated rings. The zero-order valence-electron chi connectivity index (χ0n) is 10.8. The van der Waals surface area contributed by atoms with E-state index in [1.54, 1.807) is 30.3 Å². The van der Waals surface area contributed by atoms with Gasteiger partial charge in [0.05, 0.1) is 4.92 Å². The number of carbonyl (C=O) groups excluding carboxylic acids is 1. The van der Waals surface area contributed by atoms with Crippen molar-refractivity contribution in [1.29, 1.82) is 0 Å². The van der Waals surface area contributed by atoms with Crippen LogP contribution in [0, 0.1) is 15.9 Å². The Morgan fingerprint density at radius 2 is 1.86 bits per heavy atom. The van der Waals surface area contributed by atoms with Gasteiger partial charge in [-0.05, 0) is 11.6 Å². The minimum atomic E-state index is -1.05. The van der Waals surface area contributed by atoms with Gasteiger partial charge in [-0.3, -0.25) is 14.9 Å². The smallest absolute Gasteiger partial charge is 0.295 e. The molecule has 0 saturated heterocycles. The summed E-state index contributed by atoms with van der Waals surface area (Å²) in [5.74, 6) is -1.62. The maximum absolute atomic E-state index is 13.7. The molecule has 2 rings (SSSR count). The highest BCUT2D eigenvalue weighted by molar-refractivity contribution is 5.97. The second-order valence-electron chi connectivity index (χ2n) is 4.27. The number of para-hydroxylation sites is 1. The molecule has 108 valence electrons. The molecule has 2 aromatic carbocycles. The van der Waals surface area contributed by atoms with Gasteiger partial charge in [-0.2, -0.15) is 0 Å². The number of rotatable bonds is 4. The number of nitrogens with two attached hydrogens (primary N) is 1. The molecule has 3 N–H and O–H groups in total. The highest BCUT2D eigenvalue weighted by atomic mass is 19.1. The molecular formula is C14H12FN3O3. The molecule has 0 aromatic heterocycles. The normalized spacial score (nSPS) is 11.7. The largest absolute Gasteiger partial charge is 0.316 e. The lowest BCUT2D eigenvalue weighted by atomic mass is 10.1. The fourth-order valence-corrected chi connectivity index (χ4v) is 1.80. The number of benzene rings is 2. The number of carbonyl (C=O) groups is 1. The summed E-state index contributed by atoms with van der Waals surface area (Å²) in [6.07, 6.45) is 0. The number of hydrogen-bond acceptors (Lipinski definition) is 4. The zero-order valence-corrected chi connectivity index (χ0v) is 10.8. The molecule has 0 aliphatic rings. The van der Waals surface area contributed by atoms with E-state index in [9.17, 15) is 19.3 Å². The molecular weight excluding hydrogens is 277 g/mol. The van der Waals surface area contributed by atoms with E-state index in [1.165, 1.54) is 6.07 Å². The average Bonchev–Trinajstić information content (AvgIpc) is 2.49. The number of nitro groups is 1. The van der Waals surface area contributed by atoms with Crippen molar-refractivity contribution in [3.8, 4) is 0 Å². The van der Waals surface area contributed by atoms with Crippen LogP contribution in [0.4, 0.5) is 15.8 Å². The van der Waals surface area contributed by atoms with E-state index in [0.29, 0.717) is 5.56 Å². The number of hydrogen-bond donors (Lipinski definition) is 2. The summed E-state index contributed by atoms with van der Waals surface area (Å²) in [5, 5.41) is 13.0. The standard InChI is InChI=1S/C14H12FN3O3/c15-10-7-4-8-11(18(20)21)13(10)17-14(19)12(16)9-5-2-1-3-6-9/h1-8,12H,16H2,(H,17,19)/t12-/m0/s1. The Hall–Kier alpha value is -2.80. The average molecular weight is 289 g/mol.